The summed E-state index contributed by atoms with van der Waals surface area (Å²) in [6.07, 6.45) is -1.02. The van der Waals surface area contributed by atoms with Crippen LogP contribution in [0, 0.1) is 0 Å². The first-order valence-corrected chi connectivity index (χ1v) is 11.1. The summed E-state index contributed by atoms with van der Waals surface area (Å²) in [5, 5.41) is 14.3. The van der Waals surface area contributed by atoms with E-state index in [1.807, 2.05) is 62.3 Å². The van der Waals surface area contributed by atoms with E-state index in [1.165, 1.54) is 0 Å². The zero-order valence-corrected chi connectivity index (χ0v) is 19.2. The first-order valence-electron chi connectivity index (χ1n) is 11.1. The third-order valence-corrected chi connectivity index (χ3v) is 6.05. The van der Waals surface area contributed by atoms with E-state index in [0.717, 1.165) is 22.3 Å². The number of hydrogen-bond donors (Lipinski definition) is 3. The molecule has 2 aromatic rings. The lowest BCUT2D eigenvalue weighted by atomic mass is 9.98. The molecule has 0 saturated carbocycles. The standard InChI is InChI=1S/C25H31N3O5/c1-16(28(2)3)14-26-24(31)22(12-13-23(29)30)27-25(32)33-15-21-19-10-6-4-8-17(19)18-9-5-7-11-20(18)21/h4-11,16,21-22H,12-15H2,1-3H3,(H,26,31)(H,27,32)(H,29,30). The maximum absolute atomic E-state index is 12.6. The highest BCUT2D eigenvalue weighted by atomic mass is 16.5. The minimum absolute atomic E-state index is 0.0261. The molecule has 0 saturated heterocycles. The van der Waals surface area contributed by atoms with Gasteiger partial charge in [0.1, 0.15) is 12.6 Å². The number of nitrogens with one attached hydrogen (secondary N) is 2. The van der Waals surface area contributed by atoms with Crippen LogP contribution in [0.25, 0.3) is 11.1 Å². The number of carboxylic acid groups (broad SMARTS) is 1. The van der Waals surface area contributed by atoms with Crippen molar-refractivity contribution in [2.45, 2.75) is 37.8 Å². The number of ether oxygens (including phenoxy) is 1. The lowest BCUT2D eigenvalue weighted by Gasteiger charge is -2.23. The van der Waals surface area contributed by atoms with Gasteiger partial charge in [-0.05, 0) is 49.7 Å². The third-order valence-electron chi connectivity index (χ3n) is 6.05. The summed E-state index contributed by atoms with van der Waals surface area (Å²) in [5.41, 5.74) is 4.42. The van der Waals surface area contributed by atoms with Gasteiger partial charge in [-0.25, -0.2) is 4.79 Å². The van der Waals surface area contributed by atoms with E-state index in [9.17, 15) is 14.4 Å². The van der Waals surface area contributed by atoms with Gasteiger partial charge in [0.2, 0.25) is 5.91 Å². The number of carboxylic acids is 1. The Morgan fingerprint density at radius 1 is 1.03 bits per heavy atom. The molecular weight excluding hydrogens is 422 g/mol. The van der Waals surface area contributed by atoms with Gasteiger partial charge < -0.3 is 25.4 Å². The molecule has 2 amide bonds. The Balaban J connectivity index is 1.63. The van der Waals surface area contributed by atoms with Crippen molar-refractivity contribution in [3.05, 3.63) is 59.7 Å². The van der Waals surface area contributed by atoms with E-state index < -0.39 is 24.0 Å². The number of benzene rings is 2. The number of alkyl carbamates (subject to hydrolysis) is 1. The normalized spacial score (nSPS) is 14.2. The monoisotopic (exact) mass is 453 g/mol. The van der Waals surface area contributed by atoms with Gasteiger partial charge in [-0.2, -0.15) is 0 Å². The predicted molar refractivity (Wildman–Crippen MR) is 125 cm³/mol. The second-order valence-corrected chi connectivity index (χ2v) is 8.51. The topological polar surface area (TPSA) is 108 Å². The van der Waals surface area contributed by atoms with Crippen LogP contribution < -0.4 is 10.6 Å². The van der Waals surface area contributed by atoms with Crippen molar-refractivity contribution in [1.82, 2.24) is 15.5 Å². The van der Waals surface area contributed by atoms with Crippen molar-refractivity contribution < 1.29 is 24.2 Å². The summed E-state index contributed by atoms with van der Waals surface area (Å²) in [6, 6.07) is 15.1. The van der Waals surface area contributed by atoms with Crippen LogP contribution in [0.3, 0.4) is 0 Å². The summed E-state index contributed by atoms with van der Waals surface area (Å²) in [7, 11) is 3.79. The zero-order chi connectivity index (χ0) is 24.0. The van der Waals surface area contributed by atoms with Gasteiger partial charge in [0, 0.05) is 24.9 Å². The van der Waals surface area contributed by atoms with Crippen LogP contribution in [-0.2, 0) is 14.3 Å². The number of amides is 2. The number of aliphatic carboxylic acids is 1. The number of rotatable bonds is 10. The summed E-state index contributed by atoms with van der Waals surface area (Å²) in [6.45, 7) is 2.44. The van der Waals surface area contributed by atoms with Gasteiger partial charge in [0.15, 0.2) is 0 Å². The average molecular weight is 454 g/mol. The molecular formula is C25H31N3O5. The van der Waals surface area contributed by atoms with Gasteiger partial charge >= 0.3 is 12.1 Å². The Kier molecular flexibility index (Phi) is 8.06. The molecule has 8 heteroatoms. The van der Waals surface area contributed by atoms with Gasteiger partial charge in [0.05, 0.1) is 0 Å². The number of fused-ring (bicyclic) bond motifs is 3. The molecule has 0 aliphatic heterocycles. The van der Waals surface area contributed by atoms with Crippen molar-refractivity contribution in [2.24, 2.45) is 0 Å². The number of carbonyl (C=O) groups is 3. The zero-order valence-electron chi connectivity index (χ0n) is 19.2. The Hall–Kier alpha value is -3.39. The van der Waals surface area contributed by atoms with Gasteiger partial charge in [-0.3, -0.25) is 9.59 Å². The fourth-order valence-electron chi connectivity index (χ4n) is 3.87. The van der Waals surface area contributed by atoms with Crippen molar-refractivity contribution in [3.63, 3.8) is 0 Å². The summed E-state index contributed by atoms with van der Waals surface area (Å²) >= 11 is 0. The molecule has 33 heavy (non-hydrogen) atoms. The second kappa shape index (κ2) is 11.0. The quantitative estimate of drug-likeness (QED) is 0.511. The second-order valence-electron chi connectivity index (χ2n) is 8.51. The Labute approximate surface area is 193 Å². The highest BCUT2D eigenvalue weighted by molar-refractivity contribution is 5.86. The van der Waals surface area contributed by atoms with Gasteiger partial charge in [-0.15, -0.1) is 0 Å². The molecule has 176 valence electrons. The van der Waals surface area contributed by atoms with Crippen LogP contribution in [-0.4, -0.2) is 67.3 Å². The molecule has 0 fully saturated rings. The minimum Gasteiger partial charge on any atom is -0.481 e. The number of hydrogen-bond acceptors (Lipinski definition) is 5. The largest absolute Gasteiger partial charge is 0.481 e. The summed E-state index contributed by atoms with van der Waals surface area (Å²) < 4.78 is 5.51. The summed E-state index contributed by atoms with van der Waals surface area (Å²) in [5.74, 6) is -1.57. The summed E-state index contributed by atoms with van der Waals surface area (Å²) in [4.78, 5) is 38.1. The first-order chi connectivity index (χ1) is 15.8. The molecule has 3 rings (SSSR count). The highest BCUT2D eigenvalue weighted by Gasteiger charge is 2.30. The molecule has 2 aromatic carbocycles. The van der Waals surface area contributed by atoms with Crippen LogP contribution in [0.1, 0.15) is 36.8 Å². The molecule has 1 aliphatic carbocycles. The third kappa shape index (κ3) is 6.10. The number of carbonyl (C=O) groups excluding carboxylic acids is 2. The Bertz CT molecular complexity index is 962. The molecule has 0 heterocycles. The van der Waals surface area contributed by atoms with Crippen molar-refractivity contribution in [1.29, 1.82) is 0 Å². The van der Waals surface area contributed by atoms with Crippen molar-refractivity contribution in [3.8, 4) is 11.1 Å². The van der Waals surface area contributed by atoms with Gasteiger partial charge in [0.25, 0.3) is 0 Å². The Morgan fingerprint density at radius 2 is 1.61 bits per heavy atom. The SMILES string of the molecule is CC(CNC(=O)C(CCC(=O)O)NC(=O)OCC1c2ccccc2-c2ccccc21)N(C)C. The van der Waals surface area contributed by atoms with E-state index in [4.69, 9.17) is 9.84 Å². The highest BCUT2D eigenvalue weighted by Crippen LogP contribution is 2.44. The molecule has 2 unspecified atom stereocenters. The molecule has 3 N–H and O–H groups in total. The molecule has 0 aromatic heterocycles. The molecule has 0 radical (unpaired) electrons. The van der Waals surface area contributed by atoms with Gasteiger partial charge in [-0.1, -0.05) is 48.5 Å². The molecule has 1 aliphatic rings. The molecule has 8 nitrogen and oxygen atoms in total. The van der Waals surface area contributed by atoms with Crippen LogP contribution in [0.15, 0.2) is 48.5 Å². The minimum atomic E-state index is -1.04. The van der Waals surface area contributed by atoms with Crippen LogP contribution >= 0.6 is 0 Å². The fourth-order valence-corrected chi connectivity index (χ4v) is 3.87. The maximum atomic E-state index is 12.6. The molecule has 0 bridgehead atoms. The lowest BCUT2D eigenvalue weighted by molar-refractivity contribution is -0.137. The number of likely N-dealkylation sites (N-methyl/N-ethyl adjacent to an activating group) is 1. The lowest BCUT2D eigenvalue weighted by Crippen LogP contribution is -2.49. The Morgan fingerprint density at radius 3 is 2.15 bits per heavy atom. The smallest absolute Gasteiger partial charge is 0.407 e. The average Bonchev–Trinajstić information content (AvgIpc) is 3.12. The number of nitrogens with zero attached hydrogens (tertiary/aromatic N) is 1. The van der Waals surface area contributed by atoms with E-state index in [-0.39, 0.29) is 31.4 Å². The predicted octanol–water partition coefficient (Wildman–Crippen LogP) is 2.82. The molecule has 0 spiro atoms. The van der Waals surface area contributed by atoms with Crippen LogP contribution in [0.2, 0.25) is 0 Å². The van der Waals surface area contributed by atoms with E-state index in [1.54, 1.807) is 0 Å². The van der Waals surface area contributed by atoms with E-state index >= 15 is 0 Å². The van der Waals surface area contributed by atoms with Crippen LogP contribution in [0.4, 0.5) is 4.79 Å². The van der Waals surface area contributed by atoms with Crippen LogP contribution in [0.5, 0.6) is 0 Å². The first kappa shape index (κ1) is 24.3. The molecule has 2 atom stereocenters. The van der Waals surface area contributed by atoms with E-state index in [0.29, 0.717) is 6.54 Å². The van der Waals surface area contributed by atoms with Crippen molar-refractivity contribution >= 4 is 18.0 Å². The maximum Gasteiger partial charge on any atom is 0.407 e. The van der Waals surface area contributed by atoms with Crippen molar-refractivity contribution in [2.75, 3.05) is 27.2 Å². The van der Waals surface area contributed by atoms with E-state index in [2.05, 4.69) is 22.8 Å². The fraction of sp³-hybridized carbons (Fsp3) is 0.400.